The minimum atomic E-state index is -2.27. The second-order valence-corrected chi connectivity index (χ2v) is 9.01. The van der Waals surface area contributed by atoms with Crippen LogP contribution in [0.3, 0.4) is 0 Å². The fraction of sp³-hybridized carbons (Fsp3) is 1.00. The van der Waals surface area contributed by atoms with Gasteiger partial charge in [0.2, 0.25) is 0 Å². The first-order valence-corrected chi connectivity index (χ1v) is 9.62. The van der Waals surface area contributed by atoms with E-state index in [-0.39, 0.29) is 31.0 Å². The molecule has 2 N–H and O–H groups in total. The first kappa shape index (κ1) is 36.4. The average molecular weight is 489 g/mol. The Hall–Kier alpha value is 1.49. The van der Waals surface area contributed by atoms with Crippen LogP contribution in [0, 0.1) is 0 Å². The molecular weight excluding hydrogens is 446 g/mol. The van der Waals surface area contributed by atoms with Crippen LogP contribution < -0.4 is 0 Å². The van der Waals surface area contributed by atoms with Gasteiger partial charge >= 0.3 is 28.9 Å². The Morgan fingerprint density at radius 3 is 1.54 bits per heavy atom. The van der Waals surface area contributed by atoms with Crippen molar-refractivity contribution in [3.63, 3.8) is 0 Å². The number of aliphatic hydroxyl groups excluding tert-OH is 2. The summed E-state index contributed by atoms with van der Waals surface area (Å²) in [6.07, 6.45) is 2.58. The molecule has 0 aromatic heterocycles. The van der Waals surface area contributed by atoms with Gasteiger partial charge in [-0.15, -0.1) is 0 Å². The third-order valence-electron chi connectivity index (χ3n) is 1.54. The van der Waals surface area contributed by atoms with Crippen molar-refractivity contribution in [3.8, 4) is 0 Å². The van der Waals surface area contributed by atoms with E-state index >= 15 is 0 Å². The van der Waals surface area contributed by atoms with Gasteiger partial charge in [-0.25, -0.2) is 0 Å². The molecule has 0 amide bonds. The van der Waals surface area contributed by atoms with E-state index in [1.54, 1.807) is 9.84 Å². The maximum atomic E-state index is 8.69. The molecule has 1 rings (SSSR count). The molecule has 1 saturated heterocycles. The normalized spacial score (nSPS) is 15.8. The van der Waals surface area contributed by atoms with Crippen molar-refractivity contribution in [1.29, 1.82) is 1.28 Å². The van der Waals surface area contributed by atoms with Gasteiger partial charge in [-0.1, -0.05) is 35.6 Å². The number of hydrogen-bond acceptors (Lipinski definition) is 7. The van der Waals surface area contributed by atoms with E-state index in [9.17, 15) is 0 Å². The molecule has 0 radical (unpaired) electrons. The zero-order valence-electron chi connectivity index (χ0n) is 15.2. The fourth-order valence-electron chi connectivity index (χ4n) is 0.724. The minimum absolute atomic E-state index is 0. The monoisotopic (exact) mass is 487 g/mol. The van der Waals surface area contributed by atoms with Crippen LogP contribution in [0.25, 0.3) is 0 Å². The Bertz CT molecular complexity index is 260. The van der Waals surface area contributed by atoms with Crippen molar-refractivity contribution in [2.75, 3.05) is 13.2 Å². The average Bonchev–Trinajstić information content (AvgIpc) is 2.41. The molecule has 2 atom stereocenters. The van der Waals surface area contributed by atoms with Crippen LogP contribution in [-0.4, -0.2) is 40.5 Å². The molecule has 5 nitrogen and oxygen atoms in total. The first-order chi connectivity index (χ1) is 10.4. The summed E-state index contributed by atoms with van der Waals surface area (Å²) >= 11 is 5.86. The molecule has 2 unspecified atom stereocenters. The van der Waals surface area contributed by atoms with Gasteiger partial charge in [-0.05, 0) is 33.1 Å². The summed E-state index contributed by atoms with van der Waals surface area (Å²) in [7, 11) is 1.67. The summed E-state index contributed by atoms with van der Waals surface area (Å²) in [5.74, 6) is 0. The fourth-order valence-corrected chi connectivity index (χ4v) is 0.724. The molecule has 152 valence electrons. The quantitative estimate of drug-likeness (QED) is 0.331. The molecule has 0 aliphatic carbocycles. The van der Waals surface area contributed by atoms with Gasteiger partial charge in [-0.2, -0.15) is 35.1 Å². The van der Waals surface area contributed by atoms with Crippen molar-refractivity contribution in [2.24, 2.45) is 0 Å². The summed E-state index contributed by atoms with van der Waals surface area (Å²) in [6.45, 7) is 10.7. The van der Waals surface area contributed by atoms with Gasteiger partial charge in [0.1, 0.15) is 0 Å². The second-order valence-electron chi connectivity index (χ2n) is 6.05. The number of ether oxygens (including phenoxy) is 1. The summed E-state index contributed by atoms with van der Waals surface area (Å²) in [6, 6.07) is 0. The Labute approximate surface area is 177 Å². The number of hydrogen-bond donors (Lipinski definition) is 4. The van der Waals surface area contributed by atoms with E-state index in [0.29, 0.717) is 0 Å². The van der Waals surface area contributed by atoms with E-state index < -0.39 is 29.5 Å². The van der Waals surface area contributed by atoms with Crippen molar-refractivity contribution >= 4 is 35.1 Å². The summed E-state index contributed by atoms with van der Waals surface area (Å²) in [5.41, 5.74) is 0. The molecule has 0 aromatic rings. The van der Waals surface area contributed by atoms with Crippen molar-refractivity contribution in [3.05, 3.63) is 0 Å². The van der Waals surface area contributed by atoms with Crippen LogP contribution in [-0.2, 0) is 33.6 Å². The zero-order chi connectivity index (χ0) is 19.5. The van der Waals surface area contributed by atoms with E-state index in [0.717, 1.165) is 25.9 Å². The van der Waals surface area contributed by atoms with Gasteiger partial charge in [0.15, 0.2) is 6.29 Å². The van der Waals surface area contributed by atoms with Crippen molar-refractivity contribution < 1.29 is 43.8 Å². The number of thiol groups is 2. The van der Waals surface area contributed by atoms with Crippen LogP contribution in [0.1, 0.15) is 68.7 Å². The number of aliphatic hydroxyl groups is 2. The third-order valence-corrected chi connectivity index (χ3v) is 1.68. The Morgan fingerprint density at radius 2 is 1.46 bits per heavy atom. The summed E-state index contributed by atoms with van der Waals surface area (Å²) in [4.78, 5) is 0. The molecule has 24 heavy (non-hydrogen) atoms. The Kier molecular flexibility index (Phi) is 37.2. The predicted octanol–water partition coefficient (Wildman–Crippen LogP) is 4.00. The van der Waals surface area contributed by atoms with Crippen LogP contribution in [0.4, 0.5) is 0 Å². The number of rotatable bonds is 1. The van der Waals surface area contributed by atoms with Crippen LogP contribution in [0.5, 0.6) is 0 Å². The zero-order valence-corrected chi connectivity index (χ0v) is 19.6. The standard InChI is InChI=1S/C5H10O2.C4H10OS.C4H10S.2CH4.2O.H3P.Zr/c6-5-3-1-2-4-7-5;1-4(2,6)3-5;1-4(2,3)5;;;;;;/h5-6H,1-4H2;5-6H,3H2,1-2H3;5H,1-3H3;2*1H4;;;1H3;/i;;;;;;;1D;. The first-order valence-electron chi connectivity index (χ1n) is 7.29. The van der Waals surface area contributed by atoms with E-state index in [1.807, 2.05) is 13.8 Å². The van der Waals surface area contributed by atoms with Gasteiger partial charge in [0, 0.05) is 16.1 Å². The van der Waals surface area contributed by atoms with E-state index in [4.69, 9.17) is 21.9 Å². The molecule has 1 aliphatic rings. The predicted molar refractivity (Wildman–Crippen MR) is 111 cm³/mol. The van der Waals surface area contributed by atoms with Gasteiger partial charge in [-0.3, -0.25) is 0 Å². The van der Waals surface area contributed by atoms with Gasteiger partial charge in [0.25, 0.3) is 0 Å². The summed E-state index contributed by atoms with van der Waals surface area (Å²) < 4.78 is 27.6. The summed E-state index contributed by atoms with van der Waals surface area (Å²) in [5, 5.41) is 17.0. The molecule has 0 spiro atoms. The van der Waals surface area contributed by atoms with Crippen molar-refractivity contribution in [1.82, 2.24) is 0 Å². The molecule has 0 bridgehead atoms. The topological polar surface area (TPSA) is 83.8 Å². The van der Waals surface area contributed by atoms with Crippen molar-refractivity contribution in [2.45, 2.75) is 84.5 Å². The molecule has 1 fully saturated rings. The molecule has 0 aromatic carbocycles. The molecule has 1 heterocycles. The maximum absolute atomic E-state index is 8.69. The van der Waals surface area contributed by atoms with E-state index in [2.05, 4.69) is 46.0 Å². The van der Waals surface area contributed by atoms with Gasteiger partial charge < -0.3 is 14.9 Å². The van der Waals surface area contributed by atoms with Crippen LogP contribution >= 0.6 is 35.1 Å². The third kappa shape index (κ3) is 76.2. The molecular formula is C15H41O5PS2Zr. The van der Waals surface area contributed by atoms with Gasteiger partial charge in [0.05, 0.1) is 7.89 Å². The molecule has 1 aliphatic heterocycles. The van der Waals surface area contributed by atoms with Crippen LogP contribution in [0.15, 0.2) is 0 Å². The molecule has 0 saturated carbocycles. The van der Waals surface area contributed by atoms with E-state index in [1.165, 1.54) is 0 Å². The Balaban J connectivity index is -0.0000000469. The Morgan fingerprint density at radius 1 is 1.17 bits per heavy atom. The molecule has 9 heteroatoms. The van der Waals surface area contributed by atoms with Crippen LogP contribution in [0.2, 0.25) is 0 Å². The SMILES string of the molecule is C.C.CC(C)(C)S.CC(C)(S)CO.OC1CCCCO1.[2H]P.[O]=[Zr]=[O]. The second kappa shape index (κ2) is 24.5.